The number of allylic oxidation sites excluding steroid dienone is 4. The molecule has 1 radical (unpaired) electrons. The second kappa shape index (κ2) is 7.70. The van der Waals surface area contributed by atoms with Crippen LogP contribution >= 0.6 is 0 Å². The van der Waals surface area contributed by atoms with E-state index in [4.69, 9.17) is 0 Å². The Morgan fingerprint density at radius 2 is 1.50 bits per heavy atom. The van der Waals surface area contributed by atoms with E-state index in [9.17, 15) is 0 Å². The van der Waals surface area contributed by atoms with E-state index in [1.807, 2.05) is 0 Å². The Hall–Kier alpha value is -0.0157. The third kappa shape index (κ3) is 3.26. The summed E-state index contributed by atoms with van der Waals surface area (Å²) in [5.41, 5.74) is 7.46. The van der Waals surface area contributed by atoms with E-state index >= 15 is 0 Å². The summed E-state index contributed by atoms with van der Waals surface area (Å²) >= 11 is 0. The van der Waals surface area contributed by atoms with Gasteiger partial charge in [0, 0.05) is 0 Å². The van der Waals surface area contributed by atoms with Crippen LogP contribution in [0, 0.1) is 5.41 Å². The molecular weight excluding hydrogens is 436 g/mol. The van der Waals surface area contributed by atoms with E-state index in [1.54, 1.807) is 0 Å². The fraction of sp³-hybridized carbons (Fsp3) is 0.316. The Morgan fingerprint density at radius 3 is 2.00 bits per heavy atom. The predicted molar refractivity (Wildman–Crippen MR) is 84.3 cm³/mol. The molecule has 0 saturated heterocycles. The molecule has 0 aromatic heterocycles. The van der Waals surface area contributed by atoms with Crippen molar-refractivity contribution in [3.05, 3.63) is 58.7 Å². The van der Waals surface area contributed by atoms with Gasteiger partial charge >= 0.3 is 21.7 Å². The molecule has 2 aromatic rings. The first kappa shape index (κ1) is 22.0. The molecule has 22 heavy (non-hydrogen) atoms. The van der Waals surface area contributed by atoms with Gasteiger partial charge in [-0.15, -0.1) is 34.5 Å². The molecule has 0 atom stereocenters. The zero-order valence-corrected chi connectivity index (χ0v) is 18.5. The van der Waals surface area contributed by atoms with Crippen molar-refractivity contribution >= 4 is 16.3 Å². The second-order valence-corrected chi connectivity index (χ2v) is 6.25. The first-order valence-electron chi connectivity index (χ1n) is 6.98. The molecule has 3 rings (SSSR count). The number of hydrogen-bond donors (Lipinski definition) is 0. The van der Waals surface area contributed by atoms with Crippen LogP contribution in [0.25, 0.3) is 16.3 Å². The smallest absolute Gasteiger partial charge is 1.00 e. The van der Waals surface area contributed by atoms with Gasteiger partial charge in [0.15, 0.2) is 0 Å². The van der Waals surface area contributed by atoms with Crippen molar-refractivity contribution in [2.45, 2.75) is 34.6 Å². The average Bonchev–Trinajstić information content (AvgIpc) is 2.84. The van der Waals surface area contributed by atoms with E-state index < -0.39 is 0 Å². The first-order valence-corrected chi connectivity index (χ1v) is 6.98. The van der Waals surface area contributed by atoms with Gasteiger partial charge in [0.1, 0.15) is 0 Å². The fourth-order valence-electron chi connectivity index (χ4n) is 3.47. The third-order valence-electron chi connectivity index (χ3n) is 4.97. The molecular formula is C19H21Br2Ti. The van der Waals surface area contributed by atoms with Gasteiger partial charge < -0.3 is 34.0 Å². The van der Waals surface area contributed by atoms with Crippen LogP contribution < -0.4 is 34.0 Å². The van der Waals surface area contributed by atoms with Gasteiger partial charge in [-0.25, -0.2) is 0 Å². The minimum absolute atomic E-state index is 0. The largest absolute Gasteiger partial charge is 3.00 e. The number of rotatable bonds is 1. The quantitative estimate of drug-likeness (QED) is 0.409. The summed E-state index contributed by atoms with van der Waals surface area (Å²) in [5, 5.41) is 2.69. The molecule has 2 aromatic carbocycles. The molecule has 0 amide bonds. The first-order chi connectivity index (χ1) is 8.93. The molecule has 0 nitrogen and oxygen atoms in total. The summed E-state index contributed by atoms with van der Waals surface area (Å²) < 4.78 is 0. The Kier molecular flexibility index (Phi) is 7.70. The van der Waals surface area contributed by atoms with Crippen LogP contribution in [-0.2, 0) is 21.7 Å². The molecule has 0 spiro atoms. The molecule has 0 saturated carbocycles. The van der Waals surface area contributed by atoms with E-state index in [0.29, 0.717) is 0 Å². The molecule has 0 unspecified atom stereocenters. The van der Waals surface area contributed by atoms with E-state index in [2.05, 4.69) is 71.0 Å². The van der Waals surface area contributed by atoms with Crippen molar-refractivity contribution in [1.29, 1.82) is 0 Å². The van der Waals surface area contributed by atoms with Crippen molar-refractivity contribution < 1.29 is 55.7 Å². The van der Waals surface area contributed by atoms with Crippen LogP contribution in [0.2, 0.25) is 0 Å². The summed E-state index contributed by atoms with van der Waals surface area (Å²) in [6, 6.07) is 13.3. The van der Waals surface area contributed by atoms with Crippen LogP contribution in [0.5, 0.6) is 0 Å². The van der Waals surface area contributed by atoms with Gasteiger partial charge in [-0.1, -0.05) is 54.3 Å². The third-order valence-corrected chi connectivity index (χ3v) is 4.97. The average molecular weight is 457 g/mol. The van der Waals surface area contributed by atoms with Crippen LogP contribution in [0.3, 0.4) is 0 Å². The maximum atomic E-state index is 2.34. The Bertz CT molecular complexity index is 700. The molecule has 0 N–H and O–H groups in total. The number of fused-ring (bicyclic) bond motifs is 1. The maximum absolute atomic E-state index is 2.34. The van der Waals surface area contributed by atoms with Crippen LogP contribution in [0.15, 0.2) is 53.1 Å². The summed E-state index contributed by atoms with van der Waals surface area (Å²) in [7, 11) is 0. The van der Waals surface area contributed by atoms with Crippen molar-refractivity contribution in [3.63, 3.8) is 0 Å². The van der Waals surface area contributed by atoms with Crippen molar-refractivity contribution in [2.24, 2.45) is 5.41 Å². The molecule has 0 bridgehead atoms. The summed E-state index contributed by atoms with van der Waals surface area (Å²) in [4.78, 5) is 0. The van der Waals surface area contributed by atoms with Gasteiger partial charge in [-0.2, -0.15) is 0 Å². The number of benzene rings is 1. The van der Waals surface area contributed by atoms with Gasteiger partial charge in [0.05, 0.1) is 0 Å². The Labute approximate surface area is 169 Å². The minimum atomic E-state index is 0. The zero-order valence-electron chi connectivity index (χ0n) is 13.7. The van der Waals surface area contributed by atoms with Crippen LogP contribution in [0.4, 0.5) is 0 Å². The second-order valence-electron chi connectivity index (χ2n) is 6.25. The number of halogens is 2. The Balaban J connectivity index is 0.00000147. The van der Waals surface area contributed by atoms with Gasteiger partial charge in [-0.3, -0.25) is 0 Å². The van der Waals surface area contributed by atoms with Crippen molar-refractivity contribution in [1.82, 2.24) is 0 Å². The molecule has 0 aliphatic heterocycles. The van der Waals surface area contributed by atoms with Crippen LogP contribution in [0.1, 0.15) is 40.2 Å². The summed E-state index contributed by atoms with van der Waals surface area (Å²) in [6.07, 6.45) is 0. The van der Waals surface area contributed by atoms with Gasteiger partial charge in [-0.05, 0) is 26.2 Å². The zero-order chi connectivity index (χ0) is 13.8. The molecule has 3 heteroatoms. The molecule has 0 fully saturated rings. The fourth-order valence-corrected chi connectivity index (χ4v) is 3.47. The van der Waals surface area contributed by atoms with Crippen molar-refractivity contribution in [3.8, 4) is 0 Å². The summed E-state index contributed by atoms with van der Waals surface area (Å²) in [5.74, 6) is 0. The van der Waals surface area contributed by atoms with Crippen molar-refractivity contribution in [2.75, 3.05) is 0 Å². The summed E-state index contributed by atoms with van der Waals surface area (Å²) in [6.45, 7) is 11.5. The predicted octanol–water partition coefficient (Wildman–Crippen LogP) is -0.286. The van der Waals surface area contributed by atoms with E-state index in [1.165, 1.54) is 38.6 Å². The van der Waals surface area contributed by atoms with Gasteiger partial charge in [0.25, 0.3) is 0 Å². The minimum Gasteiger partial charge on any atom is -1.00 e. The number of hydrogen-bond acceptors (Lipinski definition) is 0. The maximum Gasteiger partial charge on any atom is 3.00 e. The van der Waals surface area contributed by atoms with Crippen LogP contribution in [-0.4, -0.2) is 0 Å². The van der Waals surface area contributed by atoms with E-state index in [-0.39, 0.29) is 61.1 Å². The molecule has 115 valence electrons. The molecule has 1 aliphatic rings. The Morgan fingerprint density at radius 1 is 0.909 bits per heavy atom. The topological polar surface area (TPSA) is 0 Å². The standard InChI is InChI=1S/C19H21.2BrH.Ti/c1-12-13(2)18(19(4,5)14(12)3)17-10-15-8-6-7-9-16(15)11-17;;;/h6-11H,1-5H3;2*1H;/q-1;;;+3/p-2. The van der Waals surface area contributed by atoms with Gasteiger partial charge in [0.2, 0.25) is 0 Å². The SMILES string of the molecule is CC1=C(C)C(C)(C)C(c2cc3ccccc3[cH-]2)=C1C.[Br-].[Br-].[Ti+3]. The monoisotopic (exact) mass is 455 g/mol. The normalized spacial score (nSPS) is 16.2. The van der Waals surface area contributed by atoms with E-state index in [0.717, 1.165) is 0 Å². The molecule has 1 aliphatic carbocycles. The molecule has 0 heterocycles.